The number of carboxylic acids is 1. The number of carbonyl (C=O) groups is 2. The zero-order chi connectivity index (χ0) is 21.3. The molecule has 0 saturated carbocycles. The molecule has 1 fully saturated rings. The van der Waals surface area contributed by atoms with Gasteiger partial charge in [-0.2, -0.15) is 0 Å². The molecule has 2 N–H and O–H groups in total. The van der Waals surface area contributed by atoms with Crippen LogP contribution in [0, 0.1) is 0 Å². The lowest BCUT2D eigenvalue weighted by molar-refractivity contribution is -0.121. The first-order valence-electron chi connectivity index (χ1n) is 10.6. The van der Waals surface area contributed by atoms with Crippen LogP contribution in [0.5, 0.6) is 0 Å². The number of benzene rings is 2. The van der Waals surface area contributed by atoms with E-state index < -0.39 is 5.97 Å². The number of anilines is 1. The average molecular weight is 407 g/mol. The summed E-state index contributed by atoms with van der Waals surface area (Å²) in [6.07, 6.45) is 7.37. The topological polar surface area (TPSA) is 69.6 Å². The fourth-order valence-electron chi connectivity index (χ4n) is 3.99. The van der Waals surface area contributed by atoms with Crippen molar-refractivity contribution >= 4 is 17.6 Å². The number of nitrogens with zero attached hydrogens (tertiary/aromatic N) is 1. The van der Waals surface area contributed by atoms with Gasteiger partial charge in [0.15, 0.2) is 0 Å². The lowest BCUT2D eigenvalue weighted by Crippen LogP contribution is -2.34. The van der Waals surface area contributed by atoms with Gasteiger partial charge in [0.05, 0.1) is 18.0 Å². The first kappa shape index (κ1) is 21.6. The van der Waals surface area contributed by atoms with E-state index in [1.165, 1.54) is 37.1 Å². The second-order valence-electron chi connectivity index (χ2n) is 7.77. The summed E-state index contributed by atoms with van der Waals surface area (Å²) in [5.41, 5.74) is 3.37. The van der Waals surface area contributed by atoms with Crippen molar-refractivity contribution in [3.63, 3.8) is 0 Å². The quantitative estimate of drug-likeness (QED) is 0.590. The molecular formula is C25H30N2O3. The molecule has 1 saturated heterocycles. The molecule has 30 heavy (non-hydrogen) atoms. The van der Waals surface area contributed by atoms with Gasteiger partial charge >= 0.3 is 5.97 Å². The number of carbonyl (C=O) groups excluding carboxylic acids is 1. The maximum absolute atomic E-state index is 12.8. The van der Waals surface area contributed by atoms with E-state index in [1.807, 2.05) is 12.1 Å². The molecule has 2 aromatic rings. The van der Waals surface area contributed by atoms with Crippen molar-refractivity contribution in [1.29, 1.82) is 0 Å². The van der Waals surface area contributed by atoms with Gasteiger partial charge in [-0.05, 0) is 61.4 Å². The Morgan fingerprint density at radius 1 is 1.07 bits per heavy atom. The number of allylic oxidation sites excluding steroid dienone is 1. The van der Waals surface area contributed by atoms with Gasteiger partial charge in [0.25, 0.3) is 0 Å². The number of aromatic carboxylic acids is 1. The van der Waals surface area contributed by atoms with E-state index in [9.17, 15) is 9.59 Å². The molecule has 158 valence electrons. The number of piperidine rings is 1. The Labute approximate surface area is 178 Å². The number of hydrogen-bond donors (Lipinski definition) is 2. The predicted octanol–water partition coefficient (Wildman–Crippen LogP) is 4.74. The van der Waals surface area contributed by atoms with Gasteiger partial charge in [-0.25, -0.2) is 4.79 Å². The number of nitrogens with one attached hydrogen (secondary N) is 1. The normalized spacial score (nSPS) is 14.7. The molecule has 1 aliphatic heterocycles. The first-order chi connectivity index (χ1) is 14.6. The largest absolute Gasteiger partial charge is 0.478 e. The summed E-state index contributed by atoms with van der Waals surface area (Å²) in [6.45, 7) is 5.94. The van der Waals surface area contributed by atoms with Crippen LogP contribution in [0.4, 0.5) is 5.69 Å². The lowest BCUT2D eigenvalue weighted by atomic mass is 9.97. The standard InChI is InChI=1S/C25H30N2O3/c1-2-3-10-22(21-9-5-6-11-23(21)27-16-7-4-8-17-27)26-24(28)18-19-12-14-20(15-13-19)25(29)30/h2,5-6,9,11-15,22H,1,3-4,7-8,10,16-18H2,(H,26,28)(H,29,30). The Morgan fingerprint density at radius 2 is 1.77 bits per heavy atom. The molecule has 0 spiro atoms. The highest BCUT2D eigenvalue weighted by atomic mass is 16.4. The summed E-state index contributed by atoms with van der Waals surface area (Å²) in [5, 5.41) is 12.2. The minimum absolute atomic E-state index is 0.0689. The van der Waals surface area contributed by atoms with Crippen molar-refractivity contribution in [2.24, 2.45) is 0 Å². The van der Waals surface area contributed by atoms with E-state index in [4.69, 9.17) is 5.11 Å². The van der Waals surface area contributed by atoms with Crippen molar-refractivity contribution in [3.8, 4) is 0 Å². The molecule has 0 bridgehead atoms. The minimum atomic E-state index is -0.968. The molecule has 1 unspecified atom stereocenters. The lowest BCUT2D eigenvalue weighted by Gasteiger charge is -2.32. The predicted molar refractivity (Wildman–Crippen MR) is 120 cm³/mol. The zero-order valence-electron chi connectivity index (χ0n) is 17.3. The van der Waals surface area contributed by atoms with Crippen LogP contribution in [-0.4, -0.2) is 30.1 Å². The fraction of sp³-hybridized carbons (Fsp3) is 0.360. The summed E-state index contributed by atoms with van der Waals surface area (Å²) in [4.78, 5) is 26.2. The van der Waals surface area contributed by atoms with Crippen molar-refractivity contribution < 1.29 is 14.7 Å². The molecule has 1 amide bonds. The second-order valence-corrected chi connectivity index (χ2v) is 7.77. The number of amides is 1. The summed E-state index contributed by atoms with van der Waals surface area (Å²) < 4.78 is 0. The van der Waals surface area contributed by atoms with E-state index in [0.29, 0.717) is 0 Å². The Kier molecular flexibility index (Phi) is 7.66. The molecule has 1 atom stereocenters. The van der Waals surface area contributed by atoms with Crippen LogP contribution in [0.3, 0.4) is 0 Å². The average Bonchev–Trinajstić information content (AvgIpc) is 2.77. The summed E-state index contributed by atoms with van der Waals surface area (Å²) >= 11 is 0. The number of carboxylic acid groups (broad SMARTS) is 1. The Hall–Kier alpha value is -3.08. The smallest absolute Gasteiger partial charge is 0.335 e. The van der Waals surface area contributed by atoms with Gasteiger partial charge in [-0.1, -0.05) is 36.4 Å². The van der Waals surface area contributed by atoms with Gasteiger partial charge in [-0.3, -0.25) is 4.79 Å². The van der Waals surface area contributed by atoms with Crippen LogP contribution in [0.1, 0.15) is 59.6 Å². The minimum Gasteiger partial charge on any atom is -0.478 e. The van der Waals surface area contributed by atoms with Gasteiger partial charge in [-0.15, -0.1) is 6.58 Å². The van der Waals surface area contributed by atoms with Crippen LogP contribution >= 0.6 is 0 Å². The monoisotopic (exact) mass is 406 g/mol. The van der Waals surface area contributed by atoms with E-state index in [0.717, 1.165) is 37.1 Å². The van der Waals surface area contributed by atoms with Crippen molar-refractivity contribution in [2.75, 3.05) is 18.0 Å². The van der Waals surface area contributed by atoms with E-state index in [1.54, 1.807) is 12.1 Å². The molecule has 2 aromatic carbocycles. The van der Waals surface area contributed by atoms with Crippen LogP contribution in [0.15, 0.2) is 61.2 Å². The number of hydrogen-bond acceptors (Lipinski definition) is 3. The maximum Gasteiger partial charge on any atom is 0.335 e. The Balaban J connectivity index is 1.75. The summed E-state index contributed by atoms with van der Waals surface area (Å²) in [7, 11) is 0. The van der Waals surface area contributed by atoms with Crippen LogP contribution < -0.4 is 10.2 Å². The summed E-state index contributed by atoms with van der Waals surface area (Å²) in [6, 6.07) is 14.7. The van der Waals surface area contributed by atoms with Crippen molar-refractivity contribution in [1.82, 2.24) is 5.32 Å². The van der Waals surface area contributed by atoms with E-state index in [-0.39, 0.29) is 23.9 Å². The summed E-state index contributed by atoms with van der Waals surface area (Å²) in [5.74, 6) is -1.04. The first-order valence-corrected chi connectivity index (χ1v) is 10.6. The third-order valence-corrected chi connectivity index (χ3v) is 5.57. The third-order valence-electron chi connectivity index (χ3n) is 5.57. The third kappa shape index (κ3) is 5.72. The van der Waals surface area contributed by atoms with Gasteiger partial charge in [0.1, 0.15) is 0 Å². The molecule has 0 aromatic heterocycles. The van der Waals surface area contributed by atoms with E-state index in [2.05, 4.69) is 35.0 Å². The molecule has 5 heteroatoms. The van der Waals surface area contributed by atoms with Gasteiger partial charge in [0.2, 0.25) is 5.91 Å². The molecule has 5 nitrogen and oxygen atoms in total. The van der Waals surface area contributed by atoms with Crippen molar-refractivity contribution in [2.45, 2.75) is 44.6 Å². The highest BCUT2D eigenvalue weighted by Crippen LogP contribution is 2.31. The van der Waals surface area contributed by atoms with Gasteiger partial charge in [0, 0.05) is 18.8 Å². The molecular weight excluding hydrogens is 376 g/mol. The van der Waals surface area contributed by atoms with Crippen LogP contribution in [0.25, 0.3) is 0 Å². The molecule has 1 heterocycles. The van der Waals surface area contributed by atoms with Crippen molar-refractivity contribution in [3.05, 3.63) is 77.9 Å². The molecule has 0 aliphatic carbocycles. The molecule has 0 radical (unpaired) electrons. The van der Waals surface area contributed by atoms with Gasteiger partial charge < -0.3 is 15.3 Å². The zero-order valence-corrected chi connectivity index (χ0v) is 17.3. The Bertz CT molecular complexity index is 870. The Morgan fingerprint density at radius 3 is 2.43 bits per heavy atom. The van der Waals surface area contributed by atoms with Crippen LogP contribution in [-0.2, 0) is 11.2 Å². The molecule has 1 aliphatic rings. The highest BCUT2D eigenvalue weighted by Gasteiger charge is 2.21. The van der Waals surface area contributed by atoms with Crippen LogP contribution in [0.2, 0.25) is 0 Å². The number of rotatable bonds is 9. The fourth-order valence-corrected chi connectivity index (χ4v) is 3.99. The SMILES string of the molecule is C=CCCC(NC(=O)Cc1ccc(C(=O)O)cc1)c1ccccc1N1CCCCC1. The van der Waals surface area contributed by atoms with E-state index >= 15 is 0 Å². The molecule has 3 rings (SSSR count). The highest BCUT2D eigenvalue weighted by molar-refractivity contribution is 5.87. The number of para-hydroxylation sites is 1. The second kappa shape index (κ2) is 10.6. The maximum atomic E-state index is 12.8.